The van der Waals surface area contributed by atoms with E-state index in [1.807, 2.05) is 31.2 Å². The maximum absolute atomic E-state index is 13.0. The fourth-order valence-electron chi connectivity index (χ4n) is 3.44. The Balaban J connectivity index is 1.72. The van der Waals surface area contributed by atoms with Crippen LogP contribution in [0.2, 0.25) is 0 Å². The Kier molecular flexibility index (Phi) is 7.28. The van der Waals surface area contributed by atoms with Crippen molar-refractivity contribution in [2.75, 3.05) is 39.4 Å². The maximum Gasteiger partial charge on any atom is 0.409 e. The summed E-state index contributed by atoms with van der Waals surface area (Å²) in [7, 11) is 0. The summed E-state index contributed by atoms with van der Waals surface area (Å²) >= 11 is 0. The number of hydrogen-bond donors (Lipinski definition) is 0. The number of ether oxygens (including phenoxy) is 2. The van der Waals surface area contributed by atoms with Gasteiger partial charge in [-0.1, -0.05) is 0 Å². The van der Waals surface area contributed by atoms with E-state index < -0.39 is 6.04 Å². The molecular formula is C22H28N4O5. The second-order valence-electron chi connectivity index (χ2n) is 7.15. The topological polar surface area (TPSA) is 94.0 Å². The number of piperazine rings is 1. The monoisotopic (exact) mass is 428 g/mol. The number of amides is 2. The average Bonchev–Trinajstić information content (AvgIpc) is 2.79. The van der Waals surface area contributed by atoms with Crippen molar-refractivity contribution in [1.29, 1.82) is 0 Å². The first-order valence-electron chi connectivity index (χ1n) is 10.5. The molecule has 1 fully saturated rings. The number of carbonyl (C=O) groups excluding carboxylic acids is 2. The van der Waals surface area contributed by atoms with Crippen LogP contribution in [-0.4, -0.2) is 71.0 Å². The summed E-state index contributed by atoms with van der Waals surface area (Å²) in [6.45, 7) is 7.79. The predicted molar refractivity (Wildman–Crippen MR) is 115 cm³/mol. The van der Waals surface area contributed by atoms with E-state index in [1.165, 1.54) is 10.7 Å². The molecule has 0 bridgehead atoms. The van der Waals surface area contributed by atoms with E-state index in [4.69, 9.17) is 9.47 Å². The molecule has 9 heteroatoms. The van der Waals surface area contributed by atoms with Gasteiger partial charge in [-0.2, -0.15) is 5.10 Å². The molecule has 1 aliphatic heterocycles. The second kappa shape index (κ2) is 10.1. The Labute approximate surface area is 181 Å². The molecule has 2 aromatic rings. The fourth-order valence-corrected chi connectivity index (χ4v) is 3.44. The Hall–Kier alpha value is -3.36. The van der Waals surface area contributed by atoms with Crippen molar-refractivity contribution in [3.63, 3.8) is 0 Å². The van der Waals surface area contributed by atoms with Crippen molar-refractivity contribution >= 4 is 12.0 Å². The largest absolute Gasteiger partial charge is 0.494 e. The lowest BCUT2D eigenvalue weighted by Crippen LogP contribution is -2.52. The van der Waals surface area contributed by atoms with Crippen LogP contribution in [-0.2, 0) is 9.53 Å². The van der Waals surface area contributed by atoms with E-state index in [-0.39, 0.29) is 17.6 Å². The minimum Gasteiger partial charge on any atom is -0.494 e. The lowest BCUT2D eigenvalue weighted by molar-refractivity contribution is -0.136. The Morgan fingerprint density at radius 2 is 1.61 bits per heavy atom. The zero-order valence-corrected chi connectivity index (χ0v) is 18.1. The van der Waals surface area contributed by atoms with Gasteiger partial charge in [0.1, 0.15) is 11.8 Å². The highest BCUT2D eigenvalue weighted by Crippen LogP contribution is 2.21. The standard InChI is InChI=1S/C22H28N4O5/c1-4-30-18-8-6-17(7-9-18)19-10-11-20(27)26(23-19)16(3)21(28)24-12-14-25(15-13-24)22(29)31-5-2/h6-11,16H,4-5,12-15H2,1-3H3. The van der Waals surface area contributed by atoms with E-state index in [0.717, 1.165) is 11.3 Å². The highest BCUT2D eigenvalue weighted by atomic mass is 16.6. The van der Waals surface area contributed by atoms with Gasteiger partial charge < -0.3 is 19.3 Å². The van der Waals surface area contributed by atoms with E-state index in [9.17, 15) is 14.4 Å². The van der Waals surface area contributed by atoms with E-state index in [0.29, 0.717) is 45.1 Å². The molecule has 0 N–H and O–H groups in total. The first-order valence-corrected chi connectivity index (χ1v) is 10.5. The minimum absolute atomic E-state index is 0.207. The molecule has 0 aliphatic carbocycles. The van der Waals surface area contributed by atoms with Gasteiger partial charge in [-0.25, -0.2) is 9.48 Å². The van der Waals surface area contributed by atoms with Crippen molar-refractivity contribution in [3.05, 3.63) is 46.8 Å². The molecule has 0 radical (unpaired) electrons. The predicted octanol–water partition coefficient (Wildman–Crippen LogP) is 2.17. The van der Waals surface area contributed by atoms with Crippen LogP contribution in [0.1, 0.15) is 26.8 Å². The summed E-state index contributed by atoms with van der Waals surface area (Å²) in [6, 6.07) is 9.71. The minimum atomic E-state index is -0.760. The molecular weight excluding hydrogens is 400 g/mol. The van der Waals surface area contributed by atoms with Crippen molar-refractivity contribution in [1.82, 2.24) is 19.6 Å². The summed E-state index contributed by atoms with van der Waals surface area (Å²) in [5.41, 5.74) is 1.06. The highest BCUT2D eigenvalue weighted by Gasteiger charge is 2.29. The number of benzene rings is 1. The summed E-state index contributed by atoms with van der Waals surface area (Å²) in [4.78, 5) is 40.5. The van der Waals surface area contributed by atoms with Crippen LogP contribution in [0.15, 0.2) is 41.2 Å². The SMILES string of the molecule is CCOC(=O)N1CCN(C(=O)C(C)n2nc(-c3ccc(OCC)cc3)ccc2=O)CC1. The summed E-state index contributed by atoms with van der Waals surface area (Å²) in [5.74, 6) is 0.548. The first-order chi connectivity index (χ1) is 14.9. The molecule has 1 unspecified atom stereocenters. The molecule has 2 heterocycles. The third kappa shape index (κ3) is 5.22. The lowest BCUT2D eigenvalue weighted by Gasteiger charge is -2.35. The van der Waals surface area contributed by atoms with Crippen LogP contribution in [0, 0.1) is 0 Å². The zero-order chi connectivity index (χ0) is 22.4. The Morgan fingerprint density at radius 1 is 0.968 bits per heavy atom. The maximum atomic E-state index is 13.0. The van der Waals surface area contributed by atoms with Crippen LogP contribution in [0.4, 0.5) is 4.79 Å². The van der Waals surface area contributed by atoms with E-state index >= 15 is 0 Å². The van der Waals surface area contributed by atoms with E-state index in [1.54, 1.807) is 29.7 Å². The van der Waals surface area contributed by atoms with E-state index in [2.05, 4.69) is 5.10 Å². The first kappa shape index (κ1) is 22.3. The van der Waals surface area contributed by atoms with Crippen molar-refractivity contribution in [2.24, 2.45) is 0 Å². The van der Waals surface area contributed by atoms with Crippen LogP contribution < -0.4 is 10.3 Å². The van der Waals surface area contributed by atoms with Crippen LogP contribution >= 0.6 is 0 Å². The number of aromatic nitrogens is 2. The molecule has 1 saturated heterocycles. The number of carbonyl (C=O) groups is 2. The summed E-state index contributed by atoms with van der Waals surface area (Å²) in [6.07, 6.45) is -0.372. The quantitative estimate of drug-likeness (QED) is 0.700. The molecule has 0 saturated carbocycles. The van der Waals surface area contributed by atoms with Gasteiger partial charge in [0, 0.05) is 37.8 Å². The van der Waals surface area contributed by atoms with Gasteiger partial charge in [0.2, 0.25) is 5.91 Å². The average molecular weight is 428 g/mol. The molecule has 1 aromatic carbocycles. The summed E-state index contributed by atoms with van der Waals surface area (Å²) < 4.78 is 11.7. The van der Waals surface area contributed by atoms with Crippen molar-refractivity contribution in [2.45, 2.75) is 26.8 Å². The van der Waals surface area contributed by atoms with Gasteiger partial charge in [0.25, 0.3) is 5.56 Å². The fraction of sp³-hybridized carbons (Fsp3) is 0.455. The third-order valence-corrected chi connectivity index (χ3v) is 5.13. The molecule has 166 valence electrons. The van der Waals surface area contributed by atoms with Crippen LogP contribution in [0.3, 0.4) is 0 Å². The smallest absolute Gasteiger partial charge is 0.409 e. The number of rotatable bonds is 6. The zero-order valence-electron chi connectivity index (χ0n) is 18.1. The normalized spacial score (nSPS) is 14.8. The second-order valence-corrected chi connectivity index (χ2v) is 7.15. The molecule has 9 nitrogen and oxygen atoms in total. The van der Waals surface area contributed by atoms with Crippen molar-refractivity contribution < 1.29 is 19.1 Å². The lowest BCUT2D eigenvalue weighted by atomic mass is 10.1. The van der Waals surface area contributed by atoms with Gasteiger partial charge in [-0.3, -0.25) is 9.59 Å². The Morgan fingerprint density at radius 3 is 2.23 bits per heavy atom. The molecule has 1 aliphatic rings. The van der Waals surface area contributed by atoms with Crippen LogP contribution in [0.25, 0.3) is 11.3 Å². The molecule has 1 aromatic heterocycles. The summed E-state index contributed by atoms with van der Waals surface area (Å²) in [5, 5.41) is 4.43. The Bertz CT molecular complexity index is 965. The van der Waals surface area contributed by atoms with Gasteiger partial charge in [0.05, 0.1) is 18.9 Å². The molecule has 2 amide bonds. The molecule has 31 heavy (non-hydrogen) atoms. The van der Waals surface area contributed by atoms with Gasteiger partial charge in [0.15, 0.2) is 0 Å². The molecule has 1 atom stereocenters. The molecule has 3 rings (SSSR count). The number of nitrogens with zero attached hydrogens (tertiary/aromatic N) is 4. The van der Waals surface area contributed by atoms with Crippen LogP contribution in [0.5, 0.6) is 5.75 Å². The van der Waals surface area contributed by atoms with Crippen molar-refractivity contribution in [3.8, 4) is 17.0 Å². The molecule has 0 spiro atoms. The van der Waals surface area contributed by atoms with Gasteiger partial charge in [-0.05, 0) is 51.1 Å². The number of hydrogen-bond acceptors (Lipinski definition) is 6. The highest BCUT2D eigenvalue weighted by molar-refractivity contribution is 5.80. The third-order valence-electron chi connectivity index (χ3n) is 5.13. The van der Waals surface area contributed by atoms with Gasteiger partial charge in [-0.15, -0.1) is 0 Å². The van der Waals surface area contributed by atoms with Gasteiger partial charge >= 0.3 is 6.09 Å².